The lowest BCUT2D eigenvalue weighted by Crippen LogP contribution is -2.35. The Morgan fingerprint density at radius 2 is 2.23 bits per heavy atom. The van der Waals surface area contributed by atoms with Crippen molar-refractivity contribution < 1.29 is 9.90 Å². The molecule has 0 bridgehead atoms. The monoisotopic (exact) mass is 182 g/mol. The van der Waals surface area contributed by atoms with Crippen LogP contribution < -0.4 is 0 Å². The predicted octanol–water partition coefficient (Wildman–Crippen LogP) is 1.91. The Hall–Kier alpha value is -0.370. The minimum Gasteiger partial charge on any atom is -0.393 e. The number of aliphatic hydroxyl groups excluding tert-OH is 1. The third kappa shape index (κ3) is 1.32. The number of hydrogen-bond acceptors (Lipinski definition) is 2. The topological polar surface area (TPSA) is 37.3 Å². The van der Waals surface area contributed by atoms with Gasteiger partial charge in [-0.2, -0.15) is 0 Å². The van der Waals surface area contributed by atoms with Crippen LogP contribution in [0.2, 0.25) is 0 Å². The van der Waals surface area contributed by atoms with Gasteiger partial charge in [0.05, 0.1) is 6.10 Å². The van der Waals surface area contributed by atoms with Gasteiger partial charge >= 0.3 is 0 Å². The van der Waals surface area contributed by atoms with Crippen molar-refractivity contribution in [2.75, 3.05) is 0 Å². The van der Waals surface area contributed by atoms with E-state index in [2.05, 4.69) is 0 Å². The van der Waals surface area contributed by atoms with Gasteiger partial charge in [-0.1, -0.05) is 12.8 Å². The van der Waals surface area contributed by atoms with Crippen LogP contribution in [0.5, 0.6) is 0 Å². The lowest BCUT2D eigenvalue weighted by atomic mass is 9.66. The first-order valence-corrected chi connectivity index (χ1v) is 5.34. The number of carbonyl (C=O) groups is 1. The van der Waals surface area contributed by atoms with E-state index < -0.39 is 0 Å². The summed E-state index contributed by atoms with van der Waals surface area (Å²) < 4.78 is 0. The number of carbonyl (C=O) groups excluding carboxylic acids is 1. The molecule has 0 radical (unpaired) electrons. The molecule has 0 aromatic rings. The zero-order valence-electron chi connectivity index (χ0n) is 8.25. The van der Waals surface area contributed by atoms with Gasteiger partial charge in [-0.3, -0.25) is 4.79 Å². The van der Waals surface area contributed by atoms with Crippen LogP contribution >= 0.6 is 0 Å². The second-order valence-corrected chi connectivity index (χ2v) is 4.75. The molecule has 0 saturated heterocycles. The molecule has 2 nitrogen and oxygen atoms in total. The van der Waals surface area contributed by atoms with E-state index in [-0.39, 0.29) is 11.5 Å². The van der Waals surface area contributed by atoms with E-state index in [9.17, 15) is 9.90 Å². The molecule has 3 unspecified atom stereocenters. The zero-order chi connectivity index (χ0) is 9.47. The van der Waals surface area contributed by atoms with Crippen LogP contribution in [-0.2, 0) is 4.79 Å². The van der Waals surface area contributed by atoms with Crippen LogP contribution in [0.25, 0.3) is 0 Å². The van der Waals surface area contributed by atoms with Gasteiger partial charge in [0.25, 0.3) is 0 Å². The second kappa shape index (κ2) is 3.09. The molecule has 2 saturated carbocycles. The van der Waals surface area contributed by atoms with E-state index in [1.54, 1.807) is 6.92 Å². The van der Waals surface area contributed by atoms with Crippen molar-refractivity contribution in [3.8, 4) is 0 Å². The molecule has 0 heterocycles. The molecule has 13 heavy (non-hydrogen) atoms. The summed E-state index contributed by atoms with van der Waals surface area (Å²) in [4.78, 5) is 11.6. The maximum Gasteiger partial charge on any atom is 0.136 e. The summed E-state index contributed by atoms with van der Waals surface area (Å²) in [5.41, 5.74) is -0.127. The van der Waals surface area contributed by atoms with Crippen LogP contribution in [0.15, 0.2) is 0 Å². The molecular weight excluding hydrogens is 164 g/mol. The van der Waals surface area contributed by atoms with Crippen LogP contribution in [0, 0.1) is 11.3 Å². The normalized spacial score (nSPS) is 44.5. The fourth-order valence-corrected chi connectivity index (χ4v) is 3.36. The molecule has 2 aliphatic carbocycles. The van der Waals surface area contributed by atoms with Crippen molar-refractivity contribution >= 4 is 5.78 Å². The highest BCUT2D eigenvalue weighted by Crippen LogP contribution is 2.52. The highest BCUT2D eigenvalue weighted by atomic mass is 16.3. The fourth-order valence-electron chi connectivity index (χ4n) is 3.36. The summed E-state index contributed by atoms with van der Waals surface area (Å²) in [5, 5.41) is 9.62. The van der Waals surface area contributed by atoms with Crippen molar-refractivity contribution in [3.05, 3.63) is 0 Å². The van der Waals surface area contributed by atoms with Crippen molar-refractivity contribution in [3.63, 3.8) is 0 Å². The number of aliphatic hydroxyl groups is 1. The molecule has 3 atom stereocenters. The Labute approximate surface area is 79.3 Å². The highest BCUT2D eigenvalue weighted by Gasteiger charge is 2.50. The maximum atomic E-state index is 11.6. The maximum absolute atomic E-state index is 11.6. The smallest absolute Gasteiger partial charge is 0.136 e. The van der Waals surface area contributed by atoms with Gasteiger partial charge in [-0.05, 0) is 38.5 Å². The summed E-state index contributed by atoms with van der Waals surface area (Å²) in [5.74, 6) is 0.794. The molecule has 0 spiro atoms. The SMILES string of the molecule is CC(=O)C12CCCCC1CC(O)C2. The summed E-state index contributed by atoms with van der Waals surface area (Å²) in [7, 11) is 0. The first-order valence-electron chi connectivity index (χ1n) is 5.34. The Morgan fingerprint density at radius 1 is 1.46 bits per heavy atom. The molecule has 0 aliphatic heterocycles. The average Bonchev–Trinajstić information content (AvgIpc) is 2.41. The van der Waals surface area contributed by atoms with Gasteiger partial charge in [0.1, 0.15) is 5.78 Å². The van der Waals surface area contributed by atoms with E-state index in [0.29, 0.717) is 11.7 Å². The number of ketones is 1. The largest absolute Gasteiger partial charge is 0.393 e. The Balaban J connectivity index is 2.24. The van der Waals surface area contributed by atoms with Crippen LogP contribution in [0.3, 0.4) is 0 Å². The van der Waals surface area contributed by atoms with Crippen LogP contribution in [-0.4, -0.2) is 17.0 Å². The average molecular weight is 182 g/mol. The van der Waals surface area contributed by atoms with Gasteiger partial charge in [0.2, 0.25) is 0 Å². The Bertz CT molecular complexity index is 224. The quantitative estimate of drug-likeness (QED) is 0.672. The summed E-state index contributed by atoms with van der Waals surface area (Å²) in [6.07, 6.45) is 5.95. The molecular formula is C11H18O2. The second-order valence-electron chi connectivity index (χ2n) is 4.75. The van der Waals surface area contributed by atoms with Gasteiger partial charge in [-0.25, -0.2) is 0 Å². The number of fused-ring (bicyclic) bond motifs is 1. The molecule has 2 rings (SSSR count). The van der Waals surface area contributed by atoms with Gasteiger partial charge in [0.15, 0.2) is 0 Å². The number of hydrogen-bond donors (Lipinski definition) is 1. The molecule has 0 aromatic heterocycles. The molecule has 1 N–H and O–H groups in total. The van der Waals surface area contributed by atoms with Crippen molar-refractivity contribution in [2.45, 2.75) is 51.6 Å². The minimum absolute atomic E-state index is 0.127. The van der Waals surface area contributed by atoms with Gasteiger partial charge in [0, 0.05) is 5.41 Å². The zero-order valence-corrected chi connectivity index (χ0v) is 8.25. The number of Topliss-reactive ketones (excluding diaryl/α,β-unsaturated/α-hetero) is 1. The summed E-state index contributed by atoms with van der Waals surface area (Å²) in [6.45, 7) is 1.70. The summed E-state index contributed by atoms with van der Waals surface area (Å²) >= 11 is 0. The van der Waals surface area contributed by atoms with Crippen molar-refractivity contribution in [1.82, 2.24) is 0 Å². The van der Waals surface area contributed by atoms with E-state index in [0.717, 1.165) is 25.7 Å². The highest BCUT2D eigenvalue weighted by molar-refractivity contribution is 5.83. The van der Waals surface area contributed by atoms with E-state index in [1.807, 2.05) is 0 Å². The van der Waals surface area contributed by atoms with Crippen LogP contribution in [0.4, 0.5) is 0 Å². The molecule has 0 aromatic carbocycles. The molecule has 0 amide bonds. The molecule has 2 fully saturated rings. The van der Waals surface area contributed by atoms with E-state index >= 15 is 0 Å². The molecule has 2 heteroatoms. The Morgan fingerprint density at radius 3 is 2.85 bits per heavy atom. The number of rotatable bonds is 1. The summed E-state index contributed by atoms with van der Waals surface area (Å²) in [6, 6.07) is 0. The van der Waals surface area contributed by atoms with Crippen LogP contribution in [0.1, 0.15) is 45.4 Å². The third-order valence-corrected chi connectivity index (χ3v) is 4.06. The molecule has 2 aliphatic rings. The van der Waals surface area contributed by atoms with Gasteiger partial charge in [-0.15, -0.1) is 0 Å². The van der Waals surface area contributed by atoms with Crippen molar-refractivity contribution in [2.24, 2.45) is 11.3 Å². The fraction of sp³-hybridized carbons (Fsp3) is 0.909. The Kier molecular flexibility index (Phi) is 2.18. The standard InChI is InChI=1S/C11H18O2/c1-8(12)11-5-3-2-4-9(11)6-10(13)7-11/h9-10,13H,2-7H2,1H3. The lowest BCUT2D eigenvalue weighted by Gasteiger charge is -2.36. The predicted molar refractivity (Wildman–Crippen MR) is 50.3 cm³/mol. The van der Waals surface area contributed by atoms with E-state index in [4.69, 9.17) is 0 Å². The first kappa shape index (κ1) is 9.20. The van der Waals surface area contributed by atoms with Gasteiger partial charge < -0.3 is 5.11 Å². The minimum atomic E-state index is -0.216. The molecule has 74 valence electrons. The van der Waals surface area contributed by atoms with Crippen molar-refractivity contribution in [1.29, 1.82) is 0 Å². The lowest BCUT2D eigenvalue weighted by molar-refractivity contribution is -0.130. The third-order valence-electron chi connectivity index (χ3n) is 4.06. The van der Waals surface area contributed by atoms with E-state index in [1.165, 1.54) is 12.8 Å². The first-order chi connectivity index (χ1) is 6.15.